The second-order valence-electron chi connectivity index (χ2n) is 5.42. The van der Waals surface area contributed by atoms with Crippen molar-refractivity contribution in [2.75, 3.05) is 12.4 Å². The van der Waals surface area contributed by atoms with Crippen LogP contribution in [0.4, 0.5) is 5.69 Å². The molecule has 0 saturated heterocycles. The molecule has 1 aromatic carbocycles. The van der Waals surface area contributed by atoms with E-state index in [0.717, 1.165) is 12.1 Å². The van der Waals surface area contributed by atoms with Crippen LogP contribution in [0, 0.1) is 0 Å². The maximum Gasteiger partial charge on any atom is 0.0565 e. The second kappa shape index (κ2) is 6.38. The van der Waals surface area contributed by atoms with Crippen molar-refractivity contribution >= 4 is 18.0 Å². The highest BCUT2D eigenvalue weighted by molar-refractivity contribution is 5.78. The predicted octanol–water partition coefficient (Wildman–Crippen LogP) is 4.48. The molecule has 1 aromatic rings. The molecule has 1 aliphatic carbocycles. The topological polar surface area (TPSA) is 24.4 Å². The summed E-state index contributed by atoms with van der Waals surface area (Å²) < 4.78 is 0. The molecule has 0 aromatic heterocycles. The highest BCUT2D eigenvalue weighted by Gasteiger charge is 2.21. The summed E-state index contributed by atoms with van der Waals surface area (Å²) in [5.41, 5.74) is 3.66. The standard InChI is InChI=1S/C18H22N2/c1-15-10-12-18(2,13-11-15)20-17-8-6-16(7-9-17)5-4-14-19-3/h4-12,14,20H,13H2,1-3H3/b5-4+,19-14?. The fourth-order valence-corrected chi connectivity index (χ4v) is 2.16. The molecule has 0 spiro atoms. The Kier molecular flexibility index (Phi) is 4.57. The molecule has 0 radical (unpaired) electrons. The molecule has 0 saturated carbocycles. The first kappa shape index (κ1) is 14.3. The molecular formula is C18H22N2. The second-order valence-corrected chi connectivity index (χ2v) is 5.42. The Labute approximate surface area is 121 Å². The quantitative estimate of drug-likeness (QED) is 0.798. The monoisotopic (exact) mass is 266 g/mol. The number of hydrogen-bond donors (Lipinski definition) is 1. The smallest absolute Gasteiger partial charge is 0.0565 e. The van der Waals surface area contributed by atoms with Gasteiger partial charge in [-0.05, 0) is 44.0 Å². The van der Waals surface area contributed by atoms with Gasteiger partial charge in [0.1, 0.15) is 0 Å². The van der Waals surface area contributed by atoms with E-state index in [2.05, 4.69) is 66.7 Å². The Morgan fingerprint density at radius 1 is 1.25 bits per heavy atom. The van der Waals surface area contributed by atoms with Crippen molar-refractivity contribution in [2.24, 2.45) is 4.99 Å². The summed E-state index contributed by atoms with van der Waals surface area (Å²) in [5.74, 6) is 0. The molecular weight excluding hydrogens is 244 g/mol. The zero-order chi connectivity index (χ0) is 14.4. The van der Waals surface area contributed by atoms with Crippen molar-refractivity contribution < 1.29 is 0 Å². The van der Waals surface area contributed by atoms with Crippen molar-refractivity contribution in [3.05, 3.63) is 59.7 Å². The van der Waals surface area contributed by atoms with Gasteiger partial charge in [0.05, 0.1) is 5.54 Å². The summed E-state index contributed by atoms with van der Waals surface area (Å²) in [7, 11) is 1.77. The van der Waals surface area contributed by atoms with Crippen molar-refractivity contribution in [2.45, 2.75) is 25.8 Å². The summed E-state index contributed by atoms with van der Waals surface area (Å²) in [5, 5.41) is 3.59. The van der Waals surface area contributed by atoms with E-state index in [1.807, 2.05) is 12.2 Å². The van der Waals surface area contributed by atoms with Crippen LogP contribution in [0.25, 0.3) is 6.08 Å². The summed E-state index contributed by atoms with van der Waals surface area (Å²) in [6, 6.07) is 8.46. The van der Waals surface area contributed by atoms with Crippen molar-refractivity contribution in [3.63, 3.8) is 0 Å². The number of rotatable bonds is 4. The van der Waals surface area contributed by atoms with Crippen molar-refractivity contribution in [1.82, 2.24) is 0 Å². The highest BCUT2D eigenvalue weighted by atomic mass is 15.0. The molecule has 104 valence electrons. The third-order valence-electron chi connectivity index (χ3n) is 3.43. The van der Waals surface area contributed by atoms with E-state index >= 15 is 0 Å². The molecule has 0 heterocycles. The molecule has 1 N–H and O–H groups in total. The molecule has 1 aliphatic rings. The van der Waals surface area contributed by atoms with Crippen molar-refractivity contribution in [1.29, 1.82) is 0 Å². The van der Waals surface area contributed by atoms with Crippen LogP contribution in [-0.4, -0.2) is 18.8 Å². The maximum absolute atomic E-state index is 3.92. The van der Waals surface area contributed by atoms with E-state index in [1.54, 1.807) is 13.3 Å². The maximum atomic E-state index is 3.92. The normalized spacial score (nSPS) is 22.4. The average molecular weight is 266 g/mol. The third kappa shape index (κ3) is 3.95. The minimum Gasteiger partial charge on any atom is -0.376 e. The number of aliphatic imine (C=N–C) groups is 1. The molecule has 2 rings (SSSR count). The number of benzene rings is 1. The first-order valence-electron chi connectivity index (χ1n) is 6.94. The summed E-state index contributed by atoms with van der Waals surface area (Å²) >= 11 is 0. The SMILES string of the molecule is CN=C/C=C/c1ccc(NC2(C)C=CC(C)=CC2)cc1. The predicted molar refractivity (Wildman–Crippen MR) is 89.4 cm³/mol. The largest absolute Gasteiger partial charge is 0.376 e. The Morgan fingerprint density at radius 2 is 2.00 bits per heavy atom. The van der Waals surface area contributed by atoms with Crippen LogP contribution < -0.4 is 5.32 Å². The number of nitrogens with one attached hydrogen (secondary N) is 1. The van der Waals surface area contributed by atoms with Crippen LogP contribution in [0.15, 0.2) is 59.1 Å². The number of allylic oxidation sites excluding steroid dienone is 3. The molecule has 1 unspecified atom stereocenters. The minimum atomic E-state index is 0.00569. The number of hydrogen-bond acceptors (Lipinski definition) is 2. The minimum absolute atomic E-state index is 0.00569. The van der Waals surface area contributed by atoms with Gasteiger partial charge >= 0.3 is 0 Å². The number of anilines is 1. The summed E-state index contributed by atoms with van der Waals surface area (Å²) in [6.45, 7) is 4.36. The van der Waals surface area contributed by atoms with Gasteiger partial charge < -0.3 is 5.32 Å². The van der Waals surface area contributed by atoms with Crippen LogP contribution in [0.5, 0.6) is 0 Å². The van der Waals surface area contributed by atoms with Crippen LogP contribution in [0.1, 0.15) is 25.8 Å². The van der Waals surface area contributed by atoms with E-state index in [0.29, 0.717) is 0 Å². The van der Waals surface area contributed by atoms with Gasteiger partial charge in [-0.2, -0.15) is 0 Å². The fourth-order valence-electron chi connectivity index (χ4n) is 2.16. The van der Waals surface area contributed by atoms with Crippen LogP contribution >= 0.6 is 0 Å². The zero-order valence-corrected chi connectivity index (χ0v) is 12.4. The van der Waals surface area contributed by atoms with Crippen molar-refractivity contribution in [3.8, 4) is 0 Å². The fraction of sp³-hybridized carbons (Fsp3) is 0.278. The molecule has 0 amide bonds. The molecule has 1 atom stereocenters. The van der Waals surface area contributed by atoms with Gasteiger partial charge in [-0.25, -0.2) is 0 Å². The van der Waals surface area contributed by atoms with E-state index in [4.69, 9.17) is 0 Å². The van der Waals surface area contributed by atoms with E-state index in [1.165, 1.54) is 11.1 Å². The van der Waals surface area contributed by atoms with Crippen LogP contribution in [-0.2, 0) is 0 Å². The van der Waals surface area contributed by atoms with Gasteiger partial charge in [0, 0.05) is 18.9 Å². The Morgan fingerprint density at radius 3 is 2.60 bits per heavy atom. The lowest BCUT2D eigenvalue weighted by atomic mass is 9.90. The lowest BCUT2D eigenvalue weighted by Gasteiger charge is -2.30. The Bertz CT molecular complexity index is 562. The molecule has 2 nitrogen and oxygen atoms in total. The summed E-state index contributed by atoms with van der Waals surface area (Å²) in [6.07, 6.45) is 13.5. The summed E-state index contributed by atoms with van der Waals surface area (Å²) in [4.78, 5) is 3.92. The van der Waals surface area contributed by atoms with E-state index in [9.17, 15) is 0 Å². The molecule has 0 fully saturated rings. The Balaban J connectivity index is 2.02. The van der Waals surface area contributed by atoms with Gasteiger partial charge in [0.2, 0.25) is 0 Å². The zero-order valence-electron chi connectivity index (χ0n) is 12.4. The first-order valence-corrected chi connectivity index (χ1v) is 6.94. The third-order valence-corrected chi connectivity index (χ3v) is 3.43. The van der Waals surface area contributed by atoms with Gasteiger partial charge in [0.25, 0.3) is 0 Å². The average Bonchev–Trinajstić information content (AvgIpc) is 2.45. The van der Waals surface area contributed by atoms with Gasteiger partial charge in [-0.3, -0.25) is 4.99 Å². The highest BCUT2D eigenvalue weighted by Crippen LogP contribution is 2.25. The lowest BCUT2D eigenvalue weighted by Crippen LogP contribution is -2.32. The van der Waals surface area contributed by atoms with E-state index in [-0.39, 0.29) is 5.54 Å². The van der Waals surface area contributed by atoms with Crippen LogP contribution in [0.2, 0.25) is 0 Å². The molecule has 0 bridgehead atoms. The van der Waals surface area contributed by atoms with E-state index < -0.39 is 0 Å². The van der Waals surface area contributed by atoms with Gasteiger partial charge in [-0.15, -0.1) is 0 Å². The van der Waals surface area contributed by atoms with Gasteiger partial charge in [0.15, 0.2) is 0 Å². The molecule has 20 heavy (non-hydrogen) atoms. The van der Waals surface area contributed by atoms with Crippen LogP contribution in [0.3, 0.4) is 0 Å². The molecule has 2 heteroatoms. The molecule has 0 aliphatic heterocycles. The Hall–Kier alpha value is -2.09. The lowest BCUT2D eigenvalue weighted by molar-refractivity contribution is 0.637. The first-order chi connectivity index (χ1) is 9.61. The number of nitrogens with zero attached hydrogens (tertiary/aromatic N) is 1. The van der Waals surface area contributed by atoms with Gasteiger partial charge in [-0.1, -0.05) is 42.0 Å².